The molecular weight excluding hydrogens is 308 g/mol. The average molecular weight is 330 g/mol. The van der Waals surface area contributed by atoms with E-state index >= 15 is 0 Å². The van der Waals surface area contributed by atoms with Crippen molar-refractivity contribution in [3.63, 3.8) is 0 Å². The minimum absolute atomic E-state index is 0.0101. The highest BCUT2D eigenvalue weighted by atomic mass is 16.5. The van der Waals surface area contributed by atoms with Crippen molar-refractivity contribution in [3.8, 4) is 5.88 Å². The summed E-state index contributed by atoms with van der Waals surface area (Å²) in [6.07, 6.45) is 6.92. The van der Waals surface area contributed by atoms with Gasteiger partial charge >= 0.3 is 0 Å². The molecule has 3 rings (SSSR count). The Morgan fingerprint density at radius 1 is 1.33 bits per heavy atom. The van der Waals surface area contributed by atoms with Gasteiger partial charge in [0, 0.05) is 44.6 Å². The summed E-state index contributed by atoms with van der Waals surface area (Å²) in [6.45, 7) is 4.98. The third-order valence-corrected chi connectivity index (χ3v) is 4.13. The summed E-state index contributed by atoms with van der Waals surface area (Å²) in [5, 5.41) is 4.20. The van der Waals surface area contributed by atoms with Crippen molar-refractivity contribution in [3.05, 3.63) is 30.4 Å². The van der Waals surface area contributed by atoms with Crippen molar-refractivity contribution in [2.24, 2.45) is 18.7 Å². The molecule has 3 heterocycles. The Labute approximate surface area is 140 Å². The van der Waals surface area contributed by atoms with E-state index in [1.54, 1.807) is 23.3 Å². The lowest BCUT2D eigenvalue weighted by atomic mass is 9.90. The van der Waals surface area contributed by atoms with Gasteiger partial charge in [-0.25, -0.2) is 9.97 Å². The van der Waals surface area contributed by atoms with Crippen molar-refractivity contribution < 1.29 is 9.53 Å². The van der Waals surface area contributed by atoms with Crippen LogP contribution in [-0.4, -0.2) is 44.8 Å². The first-order chi connectivity index (χ1) is 11.5. The van der Waals surface area contributed by atoms with Crippen molar-refractivity contribution in [2.45, 2.75) is 25.9 Å². The zero-order valence-corrected chi connectivity index (χ0v) is 14.1. The molecule has 0 saturated carbocycles. The molecule has 0 bridgehead atoms. The van der Waals surface area contributed by atoms with Gasteiger partial charge in [0.05, 0.1) is 18.2 Å². The first kappa shape index (κ1) is 16.2. The second-order valence-electron chi connectivity index (χ2n) is 6.32. The smallest absolute Gasteiger partial charge is 0.257 e. The highest BCUT2D eigenvalue weighted by Gasteiger charge is 2.39. The summed E-state index contributed by atoms with van der Waals surface area (Å²) < 4.78 is 7.48. The quantitative estimate of drug-likeness (QED) is 0.866. The van der Waals surface area contributed by atoms with E-state index in [0.29, 0.717) is 24.8 Å². The molecule has 0 radical (unpaired) electrons. The van der Waals surface area contributed by atoms with Crippen LogP contribution in [0.2, 0.25) is 0 Å². The van der Waals surface area contributed by atoms with E-state index in [4.69, 9.17) is 10.5 Å². The molecule has 0 unspecified atom stereocenters. The Morgan fingerprint density at radius 2 is 2.08 bits per heavy atom. The number of primary amides is 1. The largest absolute Gasteiger partial charge is 0.472 e. The summed E-state index contributed by atoms with van der Waals surface area (Å²) in [7, 11) is 1.85. The number of nitrogens with zero attached hydrogens (tertiary/aromatic N) is 5. The van der Waals surface area contributed by atoms with E-state index in [0.717, 1.165) is 5.56 Å². The minimum atomic E-state index is -0.318. The van der Waals surface area contributed by atoms with Gasteiger partial charge in [0.1, 0.15) is 0 Å². The monoisotopic (exact) mass is 330 g/mol. The van der Waals surface area contributed by atoms with Crippen molar-refractivity contribution in [1.29, 1.82) is 0 Å². The van der Waals surface area contributed by atoms with Crippen LogP contribution >= 0.6 is 0 Å². The maximum atomic E-state index is 11.9. The second-order valence-corrected chi connectivity index (χ2v) is 6.32. The number of anilines is 1. The minimum Gasteiger partial charge on any atom is -0.472 e. The Morgan fingerprint density at radius 3 is 2.71 bits per heavy atom. The molecule has 24 heavy (non-hydrogen) atoms. The molecule has 1 amide bonds. The number of ether oxygens (including phenoxy) is 1. The SMILES string of the molecule is CC(C)Oc1nccnc1N1C[C@H](C(N)=O)[C@@H](c2cnn(C)c2)C1. The third kappa shape index (κ3) is 3.17. The molecule has 8 heteroatoms. The van der Waals surface area contributed by atoms with Gasteiger partial charge in [0.15, 0.2) is 5.82 Å². The number of hydrogen-bond acceptors (Lipinski definition) is 6. The van der Waals surface area contributed by atoms with Crippen LogP contribution in [-0.2, 0) is 11.8 Å². The van der Waals surface area contributed by atoms with Crippen LogP contribution in [0.15, 0.2) is 24.8 Å². The normalized spacial score (nSPS) is 20.6. The van der Waals surface area contributed by atoms with Crippen molar-refractivity contribution in [1.82, 2.24) is 19.7 Å². The molecule has 0 aliphatic carbocycles. The standard InChI is InChI=1S/C16H22N6O2/c1-10(2)24-16-15(18-4-5-19-16)22-8-12(13(9-22)14(17)23)11-6-20-21(3)7-11/h4-7,10,12-13H,8-9H2,1-3H3,(H2,17,23)/t12-,13+/m1/s1. The van der Waals surface area contributed by atoms with Gasteiger partial charge in [-0.3, -0.25) is 9.48 Å². The molecule has 1 saturated heterocycles. The lowest BCUT2D eigenvalue weighted by molar-refractivity contribution is -0.121. The van der Waals surface area contributed by atoms with Crippen molar-refractivity contribution in [2.75, 3.05) is 18.0 Å². The van der Waals surface area contributed by atoms with Crippen LogP contribution in [0.4, 0.5) is 5.82 Å². The zero-order valence-electron chi connectivity index (χ0n) is 14.1. The number of hydrogen-bond donors (Lipinski definition) is 1. The van der Waals surface area contributed by atoms with Crippen LogP contribution in [0.3, 0.4) is 0 Å². The van der Waals surface area contributed by atoms with Gasteiger partial charge in [-0.15, -0.1) is 0 Å². The number of aryl methyl sites for hydroxylation is 1. The number of nitrogens with two attached hydrogens (primary N) is 1. The predicted octanol–water partition coefficient (Wildman–Crippen LogP) is 0.703. The average Bonchev–Trinajstić information content (AvgIpc) is 3.13. The van der Waals surface area contributed by atoms with Crippen LogP contribution in [0.5, 0.6) is 5.88 Å². The van der Waals surface area contributed by atoms with E-state index < -0.39 is 0 Å². The number of amides is 1. The first-order valence-electron chi connectivity index (χ1n) is 7.96. The van der Waals surface area contributed by atoms with Gasteiger partial charge in [0.2, 0.25) is 5.91 Å². The van der Waals surface area contributed by atoms with Crippen LogP contribution in [0.25, 0.3) is 0 Å². The number of carbonyl (C=O) groups is 1. The van der Waals surface area contributed by atoms with Crippen LogP contribution in [0, 0.1) is 5.92 Å². The fourth-order valence-electron chi connectivity index (χ4n) is 3.08. The fraction of sp³-hybridized carbons (Fsp3) is 0.500. The van der Waals surface area contributed by atoms with Crippen LogP contribution < -0.4 is 15.4 Å². The Hall–Kier alpha value is -2.64. The highest BCUT2D eigenvalue weighted by Crippen LogP contribution is 2.37. The Kier molecular flexibility index (Phi) is 4.37. The topological polar surface area (TPSA) is 99.2 Å². The summed E-state index contributed by atoms with van der Waals surface area (Å²) in [5.41, 5.74) is 6.63. The molecule has 1 fully saturated rings. The molecule has 2 aromatic rings. The van der Waals surface area contributed by atoms with Gasteiger partial charge in [-0.2, -0.15) is 5.10 Å². The van der Waals surface area contributed by atoms with Gasteiger partial charge < -0.3 is 15.4 Å². The molecule has 2 aromatic heterocycles. The van der Waals surface area contributed by atoms with E-state index in [1.807, 2.05) is 32.0 Å². The first-order valence-corrected chi connectivity index (χ1v) is 7.96. The molecule has 1 aliphatic rings. The summed E-state index contributed by atoms with van der Waals surface area (Å²) in [5.74, 6) is 0.473. The van der Waals surface area contributed by atoms with E-state index in [1.165, 1.54) is 0 Å². The predicted molar refractivity (Wildman–Crippen MR) is 88.6 cm³/mol. The summed E-state index contributed by atoms with van der Waals surface area (Å²) >= 11 is 0. The van der Waals surface area contributed by atoms with Gasteiger partial charge in [-0.05, 0) is 19.4 Å². The molecule has 8 nitrogen and oxygen atoms in total. The number of aromatic nitrogens is 4. The summed E-state index contributed by atoms with van der Waals surface area (Å²) in [6, 6.07) is 0. The van der Waals surface area contributed by atoms with Gasteiger partial charge in [-0.1, -0.05) is 0 Å². The Bertz CT molecular complexity index is 729. The molecule has 0 aromatic carbocycles. The maximum absolute atomic E-state index is 11.9. The fourth-order valence-corrected chi connectivity index (χ4v) is 3.08. The molecule has 2 atom stereocenters. The molecule has 0 spiro atoms. The second kappa shape index (κ2) is 6.46. The van der Waals surface area contributed by atoms with E-state index in [-0.39, 0.29) is 23.8 Å². The molecular formula is C16H22N6O2. The summed E-state index contributed by atoms with van der Waals surface area (Å²) in [4.78, 5) is 22.6. The molecule has 2 N–H and O–H groups in total. The lowest BCUT2D eigenvalue weighted by Crippen LogP contribution is -2.29. The third-order valence-electron chi connectivity index (χ3n) is 4.13. The van der Waals surface area contributed by atoms with Crippen molar-refractivity contribution >= 4 is 11.7 Å². The van der Waals surface area contributed by atoms with Crippen LogP contribution in [0.1, 0.15) is 25.3 Å². The highest BCUT2D eigenvalue weighted by molar-refractivity contribution is 5.79. The van der Waals surface area contributed by atoms with E-state index in [9.17, 15) is 4.79 Å². The zero-order chi connectivity index (χ0) is 17.3. The number of rotatable bonds is 5. The van der Waals surface area contributed by atoms with Gasteiger partial charge in [0.25, 0.3) is 5.88 Å². The molecule has 1 aliphatic heterocycles. The van der Waals surface area contributed by atoms with E-state index in [2.05, 4.69) is 15.1 Å². The molecule has 128 valence electrons. The maximum Gasteiger partial charge on any atom is 0.257 e. The lowest BCUT2D eigenvalue weighted by Gasteiger charge is -2.20. The Balaban J connectivity index is 1.90. The number of carbonyl (C=O) groups excluding carboxylic acids is 1.